The number of benzene rings is 14. The summed E-state index contributed by atoms with van der Waals surface area (Å²) in [5.41, 5.74) is 35.6. The van der Waals surface area contributed by atoms with Crippen molar-refractivity contribution in [1.82, 2.24) is 59.0 Å². The van der Waals surface area contributed by atoms with Gasteiger partial charge in [0, 0.05) is 90.3 Å². The van der Waals surface area contributed by atoms with Crippen molar-refractivity contribution in [3.05, 3.63) is 486 Å². The van der Waals surface area contributed by atoms with Gasteiger partial charge in [-0.3, -0.25) is 19.9 Å². The van der Waals surface area contributed by atoms with E-state index in [9.17, 15) is 0 Å². The standard InChI is InChI=1S/2C61H40N6/c1-4-14-41(15-5-1)49-36-57(64-58(37-49)54-35-33-50(40-63-54)67-59-22-12-10-20-51(59)52-21-11-13-23-60(52)67)53-34-32-48(39-62-53)44-26-24-42(25-27-44)43-28-30-46(31-29-43)56-38-55(45-16-6-2-7-17-45)65-61(66-56)47-18-8-3-9-19-47;1-4-14-41(15-5-1)49-36-57(64-58(37-49)56-38-50(34-35-62-56)67-59-22-12-10-20-51(59)52-21-11-13-23-60(52)67)53-33-32-48(40-63-53)44-26-24-42(25-27-44)43-28-30-46(31-29-43)55-39-54(45-16-6-2-7-17-45)65-61(66-55)47-18-8-3-9-19-47/h2*1-40H. The van der Waals surface area contributed by atoms with E-state index in [0.717, 1.165) is 202 Å². The van der Waals surface area contributed by atoms with E-state index >= 15 is 0 Å². The van der Waals surface area contributed by atoms with Crippen molar-refractivity contribution < 1.29 is 0 Å². The SMILES string of the molecule is c1ccc(-c2cc(-c3ccc(-c4ccc(-c5ccc(-c6cc(-c7ccccc7)nc(-c7ccccc7)n6)cc5)cc4)cn3)nc(-c3cc(-n4c5ccccc5c5ccccc54)ccn3)c2)cc1.c1ccc(-c2cc(-c3ccc(-c4ccc(-c5ccc(-c6cc(-c7ccccc7)nc(-c7ccccc7)n6)cc5)cc4)cn3)nc(-c3ccc(-n4c5ccccc5c5ccccc54)cn3)c2)cc1. The molecule has 0 aliphatic rings. The zero-order valence-electron chi connectivity index (χ0n) is 72.6. The van der Waals surface area contributed by atoms with Gasteiger partial charge in [-0.2, -0.15) is 0 Å². The van der Waals surface area contributed by atoms with E-state index in [1.807, 2.05) is 110 Å². The lowest BCUT2D eigenvalue weighted by molar-refractivity contribution is 1.13. The number of nitrogens with zero attached hydrogens (tertiary/aromatic N) is 12. The molecule has 24 aromatic rings. The van der Waals surface area contributed by atoms with Crippen LogP contribution in [0.5, 0.6) is 0 Å². The normalized spacial score (nSPS) is 11.3. The molecule has 0 saturated carbocycles. The van der Waals surface area contributed by atoms with Crippen LogP contribution in [-0.4, -0.2) is 59.0 Å². The molecule has 0 aliphatic carbocycles. The van der Waals surface area contributed by atoms with Gasteiger partial charge in [0.2, 0.25) is 0 Å². The first-order valence-corrected chi connectivity index (χ1v) is 44.8. The van der Waals surface area contributed by atoms with Crippen LogP contribution in [0.25, 0.3) is 235 Å². The fraction of sp³-hybridized carbons (Fsp3) is 0. The third kappa shape index (κ3) is 16.3. The van der Waals surface area contributed by atoms with Crippen molar-refractivity contribution in [2.24, 2.45) is 0 Å². The molecule has 0 radical (unpaired) electrons. The Bertz CT molecular complexity index is 8150. The molecule has 12 heteroatoms. The summed E-state index contributed by atoms with van der Waals surface area (Å²) in [6.07, 6.45) is 7.69. The highest BCUT2D eigenvalue weighted by molar-refractivity contribution is 6.10. The molecule has 12 nitrogen and oxygen atoms in total. The van der Waals surface area contributed by atoms with Gasteiger partial charge >= 0.3 is 0 Å². The summed E-state index contributed by atoms with van der Waals surface area (Å²) in [6, 6.07) is 160. The Morgan fingerprint density at radius 2 is 0.388 bits per heavy atom. The Morgan fingerprint density at radius 3 is 0.709 bits per heavy atom. The summed E-state index contributed by atoms with van der Waals surface area (Å²) in [5.74, 6) is 1.41. The molecule has 0 aliphatic heterocycles. The lowest BCUT2D eigenvalue weighted by Gasteiger charge is -2.12. The second-order valence-corrected chi connectivity index (χ2v) is 33.1. The summed E-state index contributed by atoms with van der Waals surface area (Å²) in [5, 5.41) is 4.87. The highest BCUT2D eigenvalue weighted by atomic mass is 15.0. The fourth-order valence-corrected chi connectivity index (χ4v) is 17.9. The van der Waals surface area contributed by atoms with Crippen molar-refractivity contribution in [3.8, 4) is 191 Å². The summed E-state index contributed by atoms with van der Waals surface area (Å²) >= 11 is 0. The van der Waals surface area contributed by atoms with Crippen LogP contribution >= 0.6 is 0 Å². The maximum absolute atomic E-state index is 5.21. The molecular weight excluding hydrogens is 1630 g/mol. The predicted octanol–water partition coefficient (Wildman–Crippen LogP) is 30.2. The van der Waals surface area contributed by atoms with Crippen molar-refractivity contribution in [2.75, 3.05) is 0 Å². The van der Waals surface area contributed by atoms with E-state index in [0.29, 0.717) is 11.6 Å². The summed E-state index contributed by atoms with van der Waals surface area (Å²) in [7, 11) is 0. The first kappa shape index (κ1) is 80.3. The van der Waals surface area contributed by atoms with Crippen molar-refractivity contribution in [3.63, 3.8) is 0 Å². The minimum atomic E-state index is 0.704. The molecule has 0 atom stereocenters. The monoisotopic (exact) mass is 1710 g/mol. The van der Waals surface area contributed by atoms with Gasteiger partial charge in [-0.05, 0) is 153 Å². The van der Waals surface area contributed by atoms with Crippen LogP contribution in [0, 0.1) is 0 Å². The molecule has 10 heterocycles. The summed E-state index contributed by atoms with van der Waals surface area (Å²) in [6.45, 7) is 0. The molecule has 628 valence electrons. The molecule has 134 heavy (non-hydrogen) atoms. The van der Waals surface area contributed by atoms with E-state index < -0.39 is 0 Å². The highest BCUT2D eigenvalue weighted by Crippen LogP contribution is 2.41. The number of aromatic nitrogens is 12. The molecule has 24 rings (SSSR count). The van der Waals surface area contributed by atoms with E-state index in [1.54, 1.807) is 0 Å². The maximum Gasteiger partial charge on any atom is 0.160 e. The minimum absolute atomic E-state index is 0.704. The van der Waals surface area contributed by atoms with Crippen molar-refractivity contribution in [2.45, 2.75) is 0 Å². The Morgan fingerprint density at radius 1 is 0.134 bits per heavy atom. The molecule has 0 fully saturated rings. The summed E-state index contributed by atoms with van der Waals surface area (Å²) < 4.78 is 4.59. The number of pyridine rings is 6. The van der Waals surface area contributed by atoms with Crippen LogP contribution in [0.15, 0.2) is 486 Å². The number of fused-ring (bicyclic) bond motifs is 6. The van der Waals surface area contributed by atoms with Gasteiger partial charge in [-0.15, -0.1) is 0 Å². The van der Waals surface area contributed by atoms with Gasteiger partial charge in [-0.25, -0.2) is 29.9 Å². The average molecular weight is 1710 g/mol. The molecule has 0 N–H and O–H groups in total. The molecular formula is C122H80N12. The van der Waals surface area contributed by atoms with Gasteiger partial charge in [0.1, 0.15) is 0 Å². The maximum atomic E-state index is 5.21. The van der Waals surface area contributed by atoms with Gasteiger partial charge in [0.15, 0.2) is 11.6 Å². The smallest absolute Gasteiger partial charge is 0.160 e. The fourth-order valence-electron chi connectivity index (χ4n) is 17.9. The topological polar surface area (TPSA) is 139 Å². The minimum Gasteiger partial charge on any atom is -0.309 e. The van der Waals surface area contributed by atoms with Crippen LogP contribution in [0.3, 0.4) is 0 Å². The van der Waals surface area contributed by atoms with Gasteiger partial charge < -0.3 is 9.13 Å². The lowest BCUT2D eigenvalue weighted by Crippen LogP contribution is -1.98. The third-order valence-corrected chi connectivity index (χ3v) is 24.7. The average Bonchev–Trinajstić information content (AvgIpc) is 1.59. The van der Waals surface area contributed by atoms with E-state index in [2.05, 4.69) is 385 Å². The Labute approximate surface area is 774 Å². The van der Waals surface area contributed by atoms with E-state index in [1.165, 1.54) is 21.5 Å². The first-order valence-electron chi connectivity index (χ1n) is 44.8. The molecule has 0 unspecified atom stereocenters. The van der Waals surface area contributed by atoms with Crippen LogP contribution in [0.2, 0.25) is 0 Å². The van der Waals surface area contributed by atoms with E-state index in [4.69, 9.17) is 49.8 Å². The van der Waals surface area contributed by atoms with Crippen LogP contribution < -0.4 is 0 Å². The Hall–Kier alpha value is -18.3. The number of para-hydroxylation sites is 4. The molecule has 0 saturated heterocycles. The van der Waals surface area contributed by atoms with E-state index in [-0.39, 0.29) is 0 Å². The highest BCUT2D eigenvalue weighted by Gasteiger charge is 2.21. The van der Waals surface area contributed by atoms with Crippen molar-refractivity contribution in [1.29, 1.82) is 0 Å². The molecule has 10 aromatic heterocycles. The van der Waals surface area contributed by atoms with Gasteiger partial charge in [0.05, 0.1) is 102 Å². The van der Waals surface area contributed by atoms with Crippen LogP contribution in [0.1, 0.15) is 0 Å². The zero-order valence-corrected chi connectivity index (χ0v) is 72.6. The van der Waals surface area contributed by atoms with Crippen LogP contribution in [-0.2, 0) is 0 Å². The largest absolute Gasteiger partial charge is 0.309 e. The first-order chi connectivity index (χ1) is 66.4. The van der Waals surface area contributed by atoms with Gasteiger partial charge in [0.25, 0.3) is 0 Å². The number of hydrogen-bond donors (Lipinski definition) is 0. The molecule has 0 spiro atoms. The Balaban J connectivity index is 0.000000151. The van der Waals surface area contributed by atoms with Crippen molar-refractivity contribution >= 4 is 43.6 Å². The molecule has 0 amide bonds. The van der Waals surface area contributed by atoms with Gasteiger partial charge in [-0.1, -0.05) is 364 Å². The quantitative estimate of drug-likeness (QED) is 0.0816. The molecule has 14 aromatic carbocycles. The number of rotatable bonds is 18. The second-order valence-electron chi connectivity index (χ2n) is 33.1. The number of hydrogen-bond acceptors (Lipinski definition) is 10. The lowest BCUT2D eigenvalue weighted by atomic mass is 9.99. The predicted molar refractivity (Wildman–Crippen MR) is 546 cm³/mol. The third-order valence-electron chi connectivity index (χ3n) is 24.7. The Kier molecular flexibility index (Phi) is 21.4. The zero-order chi connectivity index (χ0) is 89.0. The van der Waals surface area contributed by atoms with Crippen LogP contribution in [0.4, 0.5) is 0 Å². The second kappa shape index (κ2) is 35.8. The summed E-state index contributed by atoms with van der Waals surface area (Å²) in [4.78, 5) is 50.1. The molecule has 0 bridgehead atoms.